The second-order valence-corrected chi connectivity index (χ2v) is 12.0. The van der Waals surface area contributed by atoms with E-state index in [9.17, 15) is 9.59 Å². The second kappa shape index (κ2) is 15.4. The average molecular weight is 708 g/mol. The number of methoxy groups -OCH3 is 3. The highest BCUT2D eigenvalue weighted by Crippen LogP contribution is 2.38. The molecule has 0 radical (unpaired) electrons. The molecular formula is C35H36Cl2N6O6. The molecule has 0 aliphatic carbocycles. The van der Waals surface area contributed by atoms with Crippen molar-refractivity contribution in [3.8, 4) is 23.3 Å². The molecule has 1 N–H and O–H groups in total. The lowest BCUT2D eigenvalue weighted by atomic mass is 9.92. The first-order valence-corrected chi connectivity index (χ1v) is 16.1. The quantitative estimate of drug-likeness (QED) is 0.132. The largest absolute Gasteiger partial charge is 0.497 e. The molecule has 1 atom stereocenters. The van der Waals surface area contributed by atoms with Gasteiger partial charge < -0.3 is 28.8 Å². The zero-order valence-electron chi connectivity index (χ0n) is 27.9. The highest BCUT2D eigenvalue weighted by atomic mass is 35.5. The first kappa shape index (κ1) is 35.2. The molecule has 2 aromatic carbocycles. The molecule has 3 heterocycles. The molecule has 14 heteroatoms. The molecule has 0 aliphatic heterocycles. The van der Waals surface area contributed by atoms with Crippen LogP contribution in [0.4, 0.5) is 5.69 Å². The Labute approximate surface area is 293 Å². The van der Waals surface area contributed by atoms with E-state index in [1.54, 1.807) is 43.1 Å². The van der Waals surface area contributed by atoms with Crippen LogP contribution in [0.5, 0.6) is 17.6 Å². The van der Waals surface area contributed by atoms with Crippen molar-refractivity contribution in [3.05, 3.63) is 115 Å². The number of pyridine rings is 1. The normalized spacial score (nSPS) is 11.7. The van der Waals surface area contributed by atoms with Gasteiger partial charge in [-0.3, -0.25) is 4.79 Å². The maximum atomic E-state index is 14.1. The number of nitrogens with one attached hydrogen (secondary N) is 1. The van der Waals surface area contributed by atoms with Crippen molar-refractivity contribution in [2.75, 3.05) is 33.3 Å². The molecule has 1 unspecified atom stereocenters. The third kappa shape index (κ3) is 7.65. The summed E-state index contributed by atoms with van der Waals surface area (Å²) in [5.74, 6) is -0.00551. The number of nitrogens with zero attached hydrogens (tertiary/aromatic N) is 5. The molecule has 5 aromatic rings. The topological polar surface area (TPSA) is 132 Å². The summed E-state index contributed by atoms with van der Waals surface area (Å²) >= 11 is 12.9. The van der Waals surface area contributed by atoms with Crippen molar-refractivity contribution in [2.24, 2.45) is 0 Å². The van der Waals surface area contributed by atoms with E-state index in [0.717, 1.165) is 5.56 Å². The van der Waals surface area contributed by atoms with Gasteiger partial charge in [0.25, 0.3) is 5.56 Å². The van der Waals surface area contributed by atoms with Crippen molar-refractivity contribution >= 4 is 34.9 Å². The Morgan fingerprint density at radius 1 is 0.959 bits per heavy atom. The van der Waals surface area contributed by atoms with Crippen LogP contribution < -0.4 is 25.1 Å². The average Bonchev–Trinajstić information content (AvgIpc) is 3.50. The van der Waals surface area contributed by atoms with Crippen LogP contribution in [0, 0.1) is 0 Å². The van der Waals surface area contributed by atoms with E-state index in [4.69, 9.17) is 47.2 Å². The van der Waals surface area contributed by atoms with Crippen molar-refractivity contribution in [1.82, 2.24) is 24.3 Å². The Bertz CT molecular complexity index is 1990. The zero-order chi connectivity index (χ0) is 35.2. The van der Waals surface area contributed by atoms with Gasteiger partial charge in [-0.2, -0.15) is 10.1 Å². The lowest BCUT2D eigenvalue weighted by molar-refractivity contribution is 0.0517. The first-order chi connectivity index (χ1) is 23.6. The molecule has 12 nitrogen and oxygen atoms in total. The highest BCUT2D eigenvalue weighted by molar-refractivity contribution is 6.31. The van der Waals surface area contributed by atoms with Crippen LogP contribution in [0.3, 0.4) is 0 Å². The minimum absolute atomic E-state index is 0.0245. The van der Waals surface area contributed by atoms with Crippen LogP contribution in [0.2, 0.25) is 10.0 Å². The summed E-state index contributed by atoms with van der Waals surface area (Å²) < 4.78 is 24.6. The Hall–Kier alpha value is -5.07. The van der Waals surface area contributed by atoms with Gasteiger partial charge in [-0.05, 0) is 54.3 Å². The minimum Gasteiger partial charge on any atom is -0.497 e. The number of hydrogen-bond donors (Lipinski definition) is 1. The van der Waals surface area contributed by atoms with E-state index in [-0.39, 0.29) is 47.9 Å². The summed E-state index contributed by atoms with van der Waals surface area (Å²) in [7, 11) is 4.50. The number of aromatic nitrogens is 5. The molecule has 49 heavy (non-hydrogen) atoms. The van der Waals surface area contributed by atoms with Crippen molar-refractivity contribution in [2.45, 2.75) is 39.3 Å². The fourth-order valence-electron chi connectivity index (χ4n) is 5.44. The molecule has 256 valence electrons. The van der Waals surface area contributed by atoms with Gasteiger partial charge in [-0.25, -0.2) is 14.5 Å². The maximum absolute atomic E-state index is 14.1. The number of carbonyl (C=O) groups is 1. The van der Waals surface area contributed by atoms with Crippen LogP contribution in [0.1, 0.15) is 65.6 Å². The molecule has 0 spiro atoms. The molecule has 0 saturated carbocycles. The van der Waals surface area contributed by atoms with Crippen LogP contribution in [0.25, 0.3) is 5.69 Å². The summed E-state index contributed by atoms with van der Waals surface area (Å²) in [6.07, 6.45) is 3.08. The summed E-state index contributed by atoms with van der Waals surface area (Å²) in [6.45, 7) is 6.00. The molecular weight excluding hydrogens is 671 g/mol. The number of ether oxygens (including phenoxy) is 4. The lowest BCUT2D eigenvalue weighted by Gasteiger charge is -2.24. The van der Waals surface area contributed by atoms with Crippen LogP contribution in [-0.2, 0) is 11.3 Å². The van der Waals surface area contributed by atoms with E-state index < -0.39 is 12.0 Å². The predicted molar refractivity (Wildman–Crippen MR) is 187 cm³/mol. The fraction of sp³-hybridized carbons (Fsp3) is 0.286. The number of anilines is 1. The molecule has 0 aliphatic rings. The Kier molecular flexibility index (Phi) is 11.1. The molecule has 0 amide bonds. The third-order valence-corrected chi connectivity index (χ3v) is 8.11. The second-order valence-electron chi connectivity index (χ2n) is 11.2. The first-order valence-electron chi connectivity index (χ1n) is 15.4. The summed E-state index contributed by atoms with van der Waals surface area (Å²) in [6, 6.07) is 15.3. The van der Waals surface area contributed by atoms with Gasteiger partial charge in [0.1, 0.15) is 17.1 Å². The van der Waals surface area contributed by atoms with Gasteiger partial charge in [0.05, 0.1) is 57.4 Å². The number of carbonyl (C=O) groups excluding carboxylic acids is 1. The predicted octanol–water partition coefficient (Wildman–Crippen LogP) is 6.71. The number of hydrogen-bond acceptors (Lipinski definition) is 10. The summed E-state index contributed by atoms with van der Waals surface area (Å²) in [5.41, 5.74) is 2.89. The van der Waals surface area contributed by atoms with Crippen molar-refractivity contribution in [3.63, 3.8) is 0 Å². The SMILES string of the molecule is CCOC(=O)c1nn(-c2cnc(OC)nc2OC)c(C(C)C)c1C(Nc1cc(Cl)cn(Cc2ccc(OC)cc2)c1=O)c1ccc(Cl)cc1. The minimum atomic E-state index is -0.811. The summed E-state index contributed by atoms with van der Waals surface area (Å²) in [5, 5.41) is 9.02. The van der Waals surface area contributed by atoms with Crippen molar-refractivity contribution in [1.29, 1.82) is 0 Å². The monoisotopic (exact) mass is 706 g/mol. The third-order valence-electron chi connectivity index (χ3n) is 7.65. The van der Waals surface area contributed by atoms with E-state index in [1.165, 1.54) is 25.0 Å². The number of halogens is 2. The van der Waals surface area contributed by atoms with Crippen LogP contribution in [0.15, 0.2) is 71.8 Å². The van der Waals surface area contributed by atoms with Crippen LogP contribution >= 0.6 is 23.2 Å². The Balaban J connectivity index is 1.73. The highest BCUT2D eigenvalue weighted by Gasteiger charge is 2.34. The van der Waals surface area contributed by atoms with Gasteiger partial charge in [0.2, 0.25) is 5.88 Å². The number of rotatable bonds is 13. The van der Waals surface area contributed by atoms with Crippen molar-refractivity contribution < 1.29 is 23.7 Å². The lowest BCUT2D eigenvalue weighted by Crippen LogP contribution is -2.27. The van der Waals surface area contributed by atoms with E-state index >= 15 is 0 Å². The maximum Gasteiger partial charge on any atom is 0.359 e. The van der Waals surface area contributed by atoms with Crippen LogP contribution in [-0.4, -0.2) is 58.2 Å². The Morgan fingerprint density at radius 2 is 1.67 bits per heavy atom. The molecule has 0 fully saturated rings. The molecule has 0 saturated heterocycles. The molecule has 5 rings (SSSR count). The zero-order valence-corrected chi connectivity index (χ0v) is 29.4. The van der Waals surface area contributed by atoms with E-state index in [2.05, 4.69) is 15.3 Å². The Morgan fingerprint density at radius 3 is 2.29 bits per heavy atom. The standard InChI is InChI=1S/C35H36Cl2N6O6/c1-7-49-34(45)30-28(31(20(2)3)43(41-30)27-17-38-35(48-6)40-32(27)47-5)29(22-10-12-23(36)13-11-22)39-26-16-24(37)19-42(33(26)44)18-21-8-14-25(46-4)15-9-21/h8-17,19-20,29,39H,7,18H2,1-6H3. The number of benzene rings is 2. The van der Waals surface area contributed by atoms with Gasteiger partial charge in [-0.1, -0.05) is 61.3 Å². The smallest absolute Gasteiger partial charge is 0.359 e. The van der Waals surface area contributed by atoms with Gasteiger partial charge >= 0.3 is 12.0 Å². The van der Waals surface area contributed by atoms with E-state index in [1.807, 2.05) is 50.2 Å². The summed E-state index contributed by atoms with van der Waals surface area (Å²) in [4.78, 5) is 36.3. The van der Waals surface area contributed by atoms with Gasteiger partial charge in [0.15, 0.2) is 5.69 Å². The van der Waals surface area contributed by atoms with Gasteiger partial charge in [-0.15, -0.1) is 0 Å². The fourth-order valence-corrected chi connectivity index (χ4v) is 5.79. The van der Waals surface area contributed by atoms with E-state index in [0.29, 0.717) is 38.3 Å². The molecule has 3 aromatic heterocycles. The number of esters is 1. The molecule has 0 bridgehead atoms. The van der Waals surface area contributed by atoms with Gasteiger partial charge in [0, 0.05) is 16.8 Å².